The molecule has 2 aromatic heterocycles. The van der Waals surface area contributed by atoms with Crippen LogP contribution in [0, 0.1) is 6.92 Å². The molecule has 5 rings (SSSR count). The fraction of sp³-hybridized carbons (Fsp3) is 0.478. The van der Waals surface area contributed by atoms with Crippen molar-refractivity contribution in [2.24, 2.45) is 0 Å². The molecule has 0 spiro atoms. The highest BCUT2D eigenvalue weighted by Crippen LogP contribution is 2.46. The van der Waals surface area contributed by atoms with Gasteiger partial charge in [0.2, 0.25) is 11.8 Å². The Kier molecular flexibility index (Phi) is 5.41. The van der Waals surface area contributed by atoms with E-state index in [4.69, 9.17) is 26.6 Å². The van der Waals surface area contributed by atoms with Crippen LogP contribution in [0.3, 0.4) is 0 Å². The van der Waals surface area contributed by atoms with Crippen molar-refractivity contribution >= 4 is 23.1 Å². The maximum Gasteiger partial charge on any atom is 0.229 e. The monoisotopic (exact) mass is 454 g/mol. The van der Waals surface area contributed by atoms with Gasteiger partial charge < -0.3 is 19.9 Å². The molecule has 2 unspecified atom stereocenters. The summed E-state index contributed by atoms with van der Waals surface area (Å²) in [5.41, 5.74) is 7.28. The summed E-state index contributed by atoms with van der Waals surface area (Å²) in [7, 11) is 0. The lowest BCUT2D eigenvalue weighted by atomic mass is 9.90. The van der Waals surface area contributed by atoms with Crippen LogP contribution in [0.25, 0.3) is 0 Å². The van der Waals surface area contributed by atoms with Gasteiger partial charge in [0.15, 0.2) is 5.82 Å². The van der Waals surface area contributed by atoms with Crippen LogP contribution in [0.1, 0.15) is 68.6 Å². The number of halogens is 1. The zero-order valence-corrected chi connectivity index (χ0v) is 19.2. The first-order valence-corrected chi connectivity index (χ1v) is 11.4. The fourth-order valence-corrected chi connectivity index (χ4v) is 5.09. The number of aromatic nitrogens is 4. The summed E-state index contributed by atoms with van der Waals surface area (Å²) < 4.78 is 11.6. The van der Waals surface area contributed by atoms with Crippen molar-refractivity contribution in [2.45, 2.75) is 70.4 Å². The lowest BCUT2D eigenvalue weighted by Crippen LogP contribution is -2.43. The molecule has 2 fully saturated rings. The van der Waals surface area contributed by atoms with Gasteiger partial charge in [0.1, 0.15) is 17.9 Å². The molecule has 168 valence electrons. The Morgan fingerprint density at radius 1 is 1.19 bits per heavy atom. The van der Waals surface area contributed by atoms with E-state index in [0.717, 1.165) is 48.8 Å². The molecular formula is C23H27ClN6O2. The molecule has 9 heteroatoms. The number of hydrogen-bond acceptors (Lipinski definition) is 8. The van der Waals surface area contributed by atoms with Crippen molar-refractivity contribution in [2.75, 3.05) is 10.6 Å². The van der Waals surface area contributed by atoms with E-state index in [2.05, 4.69) is 38.9 Å². The highest BCUT2D eigenvalue weighted by molar-refractivity contribution is 6.32. The number of piperidine rings is 1. The van der Waals surface area contributed by atoms with Gasteiger partial charge in [0.05, 0.1) is 10.6 Å². The van der Waals surface area contributed by atoms with Crippen LogP contribution in [0.2, 0.25) is 5.02 Å². The Hall–Kier alpha value is -2.87. The number of rotatable bonds is 5. The van der Waals surface area contributed by atoms with Gasteiger partial charge in [0, 0.05) is 29.6 Å². The number of anilines is 2. The highest BCUT2D eigenvalue weighted by Gasteiger charge is 2.44. The quantitative estimate of drug-likeness (QED) is 0.522. The van der Waals surface area contributed by atoms with E-state index in [1.54, 1.807) is 24.5 Å². The molecule has 0 saturated carbocycles. The first-order chi connectivity index (χ1) is 15.4. The number of fused-ring (bicyclic) bond motifs is 2. The standard InChI is InChI=1S/C23H27ClN6O2/c1-12(2)20-28-23(32-29-20)14-8-16-5-6-17(9-14)30(16)21-13(3)22(27-11-26-21)31-19-7-4-15(25)10-18(19)24/h4,7,10-12,14,16-17H,5-6,8-9,25H2,1-3H3. The minimum absolute atomic E-state index is 0.265. The van der Waals surface area contributed by atoms with Crippen molar-refractivity contribution in [3.63, 3.8) is 0 Å². The zero-order valence-electron chi connectivity index (χ0n) is 18.5. The Morgan fingerprint density at radius 3 is 2.59 bits per heavy atom. The van der Waals surface area contributed by atoms with E-state index in [-0.39, 0.29) is 11.8 Å². The molecule has 3 aromatic rings. The van der Waals surface area contributed by atoms with E-state index in [9.17, 15) is 0 Å². The average molecular weight is 455 g/mol. The topological polar surface area (TPSA) is 103 Å². The van der Waals surface area contributed by atoms with E-state index < -0.39 is 0 Å². The van der Waals surface area contributed by atoms with Gasteiger partial charge in [-0.2, -0.15) is 4.98 Å². The molecule has 1 aromatic carbocycles. The smallest absolute Gasteiger partial charge is 0.229 e. The van der Waals surface area contributed by atoms with E-state index in [1.165, 1.54) is 0 Å². The second-order valence-corrected chi connectivity index (χ2v) is 9.43. The maximum absolute atomic E-state index is 6.29. The molecule has 2 aliphatic rings. The molecule has 0 radical (unpaired) electrons. The molecule has 32 heavy (non-hydrogen) atoms. The molecule has 2 saturated heterocycles. The normalized spacial score (nSPS) is 22.5. The van der Waals surface area contributed by atoms with Gasteiger partial charge in [-0.3, -0.25) is 0 Å². The third-order valence-corrected chi connectivity index (χ3v) is 6.77. The predicted molar refractivity (Wildman–Crippen MR) is 122 cm³/mol. The average Bonchev–Trinajstić information content (AvgIpc) is 3.34. The van der Waals surface area contributed by atoms with Gasteiger partial charge in [-0.05, 0) is 50.8 Å². The predicted octanol–water partition coefficient (Wildman–Crippen LogP) is 5.23. The lowest BCUT2D eigenvalue weighted by Gasteiger charge is -2.39. The van der Waals surface area contributed by atoms with Gasteiger partial charge >= 0.3 is 0 Å². The van der Waals surface area contributed by atoms with Crippen LogP contribution in [0.4, 0.5) is 11.5 Å². The summed E-state index contributed by atoms with van der Waals surface area (Å²) in [6, 6.07) is 5.92. The number of ether oxygens (including phenoxy) is 1. The van der Waals surface area contributed by atoms with Crippen molar-refractivity contribution in [1.29, 1.82) is 0 Å². The van der Waals surface area contributed by atoms with Gasteiger partial charge in [-0.25, -0.2) is 9.97 Å². The summed E-state index contributed by atoms with van der Waals surface area (Å²) in [5.74, 6) is 4.04. The summed E-state index contributed by atoms with van der Waals surface area (Å²) in [6.07, 6.45) is 5.74. The van der Waals surface area contributed by atoms with Crippen LogP contribution in [0.5, 0.6) is 11.6 Å². The number of benzene rings is 1. The molecule has 8 nitrogen and oxygen atoms in total. The van der Waals surface area contributed by atoms with Crippen LogP contribution in [0.15, 0.2) is 29.0 Å². The molecule has 0 aliphatic carbocycles. The summed E-state index contributed by atoms with van der Waals surface area (Å²) in [4.78, 5) is 16.1. The number of nitrogens with zero attached hydrogens (tertiary/aromatic N) is 5. The van der Waals surface area contributed by atoms with Crippen molar-refractivity contribution < 1.29 is 9.26 Å². The zero-order chi connectivity index (χ0) is 22.4. The Balaban J connectivity index is 1.38. The highest BCUT2D eigenvalue weighted by atomic mass is 35.5. The third-order valence-electron chi connectivity index (χ3n) is 6.47. The summed E-state index contributed by atoms with van der Waals surface area (Å²) in [6.45, 7) is 6.15. The SMILES string of the molecule is Cc1c(Oc2ccc(N)cc2Cl)ncnc1N1C2CCC1CC(c1nc(C(C)C)no1)C2. The second kappa shape index (κ2) is 8.24. The summed E-state index contributed by atoms with van der Waals surface area (Å²) in [5, 5.41) is 4.61. The van der Waals surface area contributed by atoms with Gasteiger partial charge in [-0.15, -0.1) is 0 Å². The molecule has 2 aliphatic heterocycles. The number of nitrogen functional groups attached to an aromatic ring is 1. The Labute approximate surface area is 192 Å². The van der Waals surface area contributed by atoms with Crippen molar-refractivity contribution in [1.82, 2.24) is 20.1 Å². The van der Waals surface area contributed by atoms with Crippen molar-refractivity contribution in [3.8, 4) is 11.6 Å². The molecule has 2 atom stereocenters. The molecule has 2 bridgehead atoms. The fourth-order valence-electron chi connectivity index (χ4n) is 4.86. The van der Waals surface area contributed by atoms with Crippen LogP contribution >= 0.6 is 11.6 Å². The lowest BCUT2D eigenvalue weighted by molar-refractivity contribution is 0.303. The first kappa shape index (κ1) is 21.0. The molecular weight excluding hydrogens is 428 g/mol. The van der Waals surface area contributed by atoms with Gasteiger partial charge in [0.25, 0.3) is 0 Å². The molecule has 2 N–H and O–H groups in total. The first-order valence-electron chi connectivity index (χ1n) is 11.1. The van der Waals surface area contributed by atoms with E-state index in [1.807, 2.05) is 6.92 Å². The minimum atomic E-state index is 0.265. The van der Waals surface area contributed by atoms with E-state index in [0.29, 0.717) is 34.4 Å². The van der Waals surface area contributed by atoms with Crippen LogP contribution < -0.4 is 15.4 Å². The maximum atomic E-state index is 6.29. The Bertz CT molecular complexity index is 1120. The second-order valence-electron chi connectivity index (χ2n) is 9.03. The number of hydrogen-bond donors (Lipinski definition) is 1. The number of nitrogens with two attached hydrogens (primary N) is 1. The minimum Gasteiger partial charge on any atom is -0.437 e. The molecule has 0 amide bonds. The molecule has 4 heterocycles. The van der Waals surface area contributed by atoms with Gasteiger partial charge in [-0.1, -0.05) is 30.6 Å². The Morgan fingerprint density at radius 2 is 1.94 bits per heavy atom. The van der Waals surface area contributed by atoms with Crippen LogP contribution in [-0.2, 0) is 0 Å². The summed E-state index contributed by atoms with van der Waals surface area (Å²) >= 11 is 6.29. The largest absolute Gasteiger partial charge is 0.437 e. The third kappa shape index (κ3) is 3.77. The van der Waals surface area contributed by atoms with E-state index >= 15 is 0 Å². The van der Waals surface area contributed by atoms with Crippen molar-refractivity contribution in [3.05, 3.63) is 46.8 Å². The van der Waals surface area contributed by atoms with Crippen LogP contribution in [-0.4, -0.2) is 32.2 Å².